The predicted molar refractivity (Wildman–Crippen MR) is 40.4 cm³/mol. The molecular formula is C6H4N5NaO2. The third kappa shape index (κ3) is 1.69. The van der Waals surface area contributed by atoms with Gasteiger partial charge in [-0.2, -0.15) is 0 Å². The number of carbonyl (C=O) groups excluding carboxylic acids is 1. The van der Waals surface area contributed by atoms with E-state index in [1.165, 1.54) is 6.33 Å². The molecule has 0 saturated heterocycles. The number of aromatic nitrogens is 4. The number of fused-ring (bicyclic) bond motifs is 1. The zero-order valence-corrected chi connectivity index (χ0v) is 9.31. The fraction of sp³-hybridized carbons (Fsp3) is 0. The summed E-state index contributed by atoms with van der Waals surface area (Å²) in [6.45, 7) is 0. The van der Waals surface area contributed by atoms with Crippen LogP contribution in [0, 0.1) is 0 Å². The maximum atomic E-state index is 10.4. The Labute approximate surface area is 100 Å². The second-order valence-electron chi connectivity index (χ2n) is 2.32. The molecule has 0 bridgehead atoms. The smallest absolute Gasteiger partial charge is 0.541 e. The van der Waals surface area contributed by atoms with E-state index in [1.54, 1.807) is 0 Å². The van der Waals surface area contributed by atoms with Gasteiger partial charge in [-0.15, -0.1) is 0 Å². The maximum Gasteiger partial charge on any atom is 1.00 e. The van der Waals surface area contributed by atoms with E-state index >= 15 is 0 Å². The van der Waals surface area contributed by atoms with Gasteiger partial charge in [-0.3, -0.25) is 0 Å². The van der Waals surface area contributed by atoms with Gasteiger partial charge in [0.25, 0.3) is 0 Å². The molecule has 2 heterocycles. The van der Waals surface area contributed by atoms with Crippen molar-refractivity contribution in [2.24, 2.45) is 0 Å². The van der Waals surface area contributed by atoms with Crippen LogP contribution in [0.3, 0.4) is 0 Å². The molecule has 8 heteroatoms. The Kier molecular flexibility index (Phi) is 3.04. The molecule has 0 unspecified atom stereocenters. The number of nitrogens with two attached hydrogens (primary N) is 1. The number of nitrogens with zero attached hydrogens (tertiary/aromatic N) is 3. The normalized spacial score (nSPS) is 9.71. The van der Waals surface area contributed by atoms with Crippen molar-refractivity contribution in [3.05, 3.63) is 12.2 Å². The summed E-state index contributed by atoms with van der Waals surface area (Å²) in [6, 6.07) is 0. The van der Waals surface area contributed by atoms with Crippen LogP contribution in [0.5, 0.6) is 0 Å². The van der Waals surface area contributed by atoms with E-state index in [-0.39, 0.29) is 41.0 Å². The molecule has 14 heavy (non-hydrogen) atoms. The molecule has 0 radical (unpaired) electrons. The topological polar surface area (TPSA) is 121 Å². The molecule has 0 fully saturated rings. The largest absolute Gasteiger partial charge is 1.00 e. The third-order valence-corrected chi connectivity index (χ3v) is 1.50. The summed E-state index contributed by atoms with van der Waals surface area (Å²) < 4.78 is 0. The first kappa shape index (κ1) is 10.9. The number of H-pyrrole nitrogens is 1. The minimum absolute atomic E-state index is 0. The van der Waals surface area contributed by atoms with Crippen molar-refractivity contribution in [1.82, 2.24) is 19.9 Å². The second kappa shape index (κ2) is 3.91. The first-order chi connectivity index (χ1) is 6.18. The Morgan fingerprint density at radius 1 is 1.50 bits per heavy atom. The average molecular weight is 201 g/mol. The summed E-state index contributed by atoms with van der Waals surface area (Å²) >= 11 is 0. The molecule has 3 N–H and O–H groups in total. The Bertz CT molecular complexity index is 482. The van der Waals surface area contributed by atoms with Crippen LogP contribution in [0.4, 0.5) is 5.82 Å². The van der Waals surface area contributed by atoms with E-state index in [2.05, 4.69) is 19.9 Å². The van der Waals surface area contributed by atoms with Gasteiger partial charge in [-0.05, 0) is 0 Å². The van der Waals surface area contributed by atoms with Gasteiger partial charge in [0.05, 0.1) is 6.33 Å². The minimum Gasteiger partial charge on any atom is -0.541 e. The number of hydrogen-bond donors (Lipinski definition) is 2. The van der Waals surface area contributed by atoms with Crippen molar-refractivity contribution in [2.45, 2.75) is 0 Å². The van der Waals surface area contributed by atoms with E-state index in [9.17, 15) is 9.90 Å². The predicted octanol–water partition coefficient (Wildman–Crippen LogP) is -4.70. The van der Waals surface area contributed by atoms with E-state index in [1.807, 2.05) is 0 Å². The SMILES string of the molecule is Nc1nc(C(=O)[O-])nc2nc[nH]c12.[Na+]. The second-order valence-corrected chi connectivity index (χ2v) is 2.32. The van der Waals surface area contributed by atoms with Crippen molar-refractivity contribution < 1.29 is 39.5 Å². The molecule has 0 spiro atoms. The Morgan fingerprint density at radius 3 is 2.86 bits per heavy atom. The van der Waals surface area contributed by atoms with E-state index in [0.29, 0.717) is 5.52 Å². The monoisotopic (exact) mass is 201 g/mol. The van der Waals surface area contributed by atoms with Crippen LogP contribution in [0.25, 0.3) is 11.2 Å². The van der Waals surface area contributed by atoms with E-state index < -0.39 is 11.8 Å². The molecule has 0 amide bonds. The summed E-state index contributed by atoms with van der Waals surface area (Å²) in [4.78, 5) is 23.9. The number of imidazole rings is 1. The van der Waals surface area contributed by atoms with Gasteiger partial charge in [-0.25, -0.2) is 15.0 Å². The summed E-state index contributed by atoms with van der Waals surface area (Å²) in [5, 5.41) is 10.4. The number of rotatable bonds is 1. The van der Waals surface area contributed by atoms with E-state index in [0.717, 1.165) is 0 Å². The zero-order valence-electron chi connectivity index (χ0n) is 7.31. The van der Waals surface area contributed by atoms with Crippen LogP contribution < -0.4 is 40.4 Å². The summed E-state index contributed by atoms with van der Waals surface area (Å²) in [5.74, 6) is -1.89. The standard InChI is InChI=1S/C6H5N5O2.Na/c7-3-2-4(9-1-8-2)11-5(10-3)6(12)13;/h1H,(H,12,13)(H3,7,8,9,10,11);/q;+1/p-1. The molecule has 0 aliphatic carbocycles. The molecule has 0 aliphatic rings. The fourth-order valence-electron chi connectivity index (χ4n) is 0.947. The van der Waals surface area contributed by atoms with Crippen molar-refractivity contribution in [3.63, 3.8) is 0 Å². The van der Waals surface area contributed by atoms with Gasteiger partial charge < -0.3 is 20.6 Å². The number of nitrogens with one attached hydrogen (secondary N) is 1. The number of aromatic amines is 1. The first-order valence-electron chi connectivity index (χ1n) is 3.36. The van der Waals surface area contributed by atoms with Crippen LogP contribution in [0.2, 0.25) is 0 Å². The molecule has 66 valence electrons. The Morgan fingerprint density at radius 2 is 2.21 bits per heavy atom. The van der Waals surface area contributed by atoms with E-state index in [4.69, 9.17) is 5.73 Å². The minimum atomic E-state index is -1.48. The molecule has 7 nitrogen and oxygen atoms in total. The molecule has 2 aromatic heterocycles. The molecule has 2 aromatic rings. The Balaban J connectivity index is 0.000000980. The summed E-state index contributed by atoms with van der Waals surface area (Å²) in [6.07, 6.45) is 1.36. The van der Waals surface area contributed by atoms with Crippen LogP contribution in [0.15, 0.2) is 6.33 Å². The summed E-state index contributed by atoms with van der Waals surface area (Å²) in [7, 11) is 0. The number of nitrogen functional groups attached to an aromatic ring is 1. The first-order valence-corrected chi connectivity index (χ1v) is 3.36. The number of hydrogen-bond acceptors (Lipinski definition) is 6. The number of aromatic carboxylic acids is 1. The third-order valence-electron chi connectivity index (χ3n) is 1.50. The van der Waals surface area contributed by atoms with Crippen molar-refractivity contribution >= 4 is 23.0 Å². The summed E-state index contributed by atoms with van der Waals surface area (Å²) in [5.41, 5.74) is 6.06. The van der Waals surface area contributed by atoms with Gasteiger partial charge in [0, 0.05) is 0 Å². The zero-order chi connectivity index (χ0) is 9.42. The van der Waals surface area contributed by atoms with Crippen molar-refractivity contribution in [2.75, 3.05) is 5.73 Å². The number of anilines is 1. The van der Waals surface area contributed by atoms with Crippen LogP contribution >= 0.6 is 0 Å². The molecule has 2 rings (SSSR count). The van der Waals surface area contributed by atoms with Crippen molar-refractivity contribution in [1.29, 1.82) is 0 Å². The number of carboxylic acid groups (broad SMARTS) is 1. The number of carbonyl (C=O) groups is 1. The molecule has 0 aliphatic heterocycles. The van der Waals surface area contributed by atoms with Gasteiger partial charge in [-0.1, -0.05) is 0 Å². The van der Waals surface area contributed by atoms with Crippen LogP contribution in [0.1, 0.15) is 10.6 Å². The molecule has 0 aromatic carbocycles. The van der Waals surface area contributed by atoms with Gasteiger partial charge in [0.1, 0.15) is 11.5 Å². The average Bonchev–Trinajstić information content (AvgIpc) is 2.51. The van der Waals surface area contributed by atoms with Gasteiger partial charge >= 0.3 is 29.6 Å². The molecular weight excluding hydrogens is 197 g/mol. The fourth-order valence-corrected chi connectivity index (χ4v) is 0.947. The van der Waals surface area contributed by atoms with Crippen LogP contribution in [-0.4, -0.2) is 25.9 Å². The van der Waals surface area contributed by atoms with Gasteiger partial charge in [0.15, 0.2) is 17.3 Å². The van der Waals surface area contributed by atoms with Crippen LogP contribution in [-0.2, 0) is 0 Å². The quantitative estimate of drug-likeness (QED) is 0.447. The molecule has 0 atom stereocenters. The molecule has 0 saturated carbocycles. The number of carboxylic acids is 1. The van der Waals surface area contributed by atoms with Gasteiger partial charge in [0.2, 0.25) is 0 Å². The Hall–Kier alpha value is -1.18. The van der Waals surface area contributed by atoms with Crippen molar-refractivity contribution in [3.8, 4) is 0 Å². The maximum absolute atomic E-state index is 10.4.